The third kappa shape index (κ3) is 6.25. The van der Waals surface area contributed by atoms with E-state index < -0.39 is 23.6 Å². The lowest BCUT2D eigenvalue weighted by Crippen LogP contribution is -2.30. The van der Waals surface area contributed by atoms with E-state index in [1.165, 1.54) is 13.2 Å². The summed E-state index contributed by atoms with van der Waals surface area (Å²) in [7, 11) is 1.23. The minimum absolute atomic E-state index is 0.121. The van der Waals surface area contributed by atoms with Crippen molar-refractivity contribution in [3.63, 3.8) is 0 Å². The standard InChI is InChI=1S/C13H14F3N3O3/c1-22-12(21)3-2-6-17-11(20)8-19-10-5-4-9(7-18-10)13(14,15)16/h2-5,7H,6,8H2,1H3,(H,17,20)(H,18,19)/b3-2+. The molecule has 1 rings (SSSR count). The Morgan fingerprint density at radius 1 is 1.36 bits per heavy atom. The monoisotopic (exact) mass is 317 g/mol. The highest BCUT2D eigenvalue weighted by Gasteiger charge is 2.30. The molecule has 0 radical (unpaired) electrons. The highest BCUT2D eigenvalue weighted by atomic mass is 19.4. The molecule has 6 nitrogen and oxygen atoms in total. The summed E-state index contributed by atoms with van der Waals surface area (Å²) in [6, 6.07) is 2.00. The second-order valence-corrected chi connectivity index (χ2v) is 4.01. The van der Waals surface area contributed by atoms with Gasteiger partial charge in [-0.3, -0.25) is 4.79 Å². The number of rotatable bonds is 6. The van der Waals surface area contributed by atoms with Gasteiger partial charge in [-0.05, 0) is 12.1 Å². The van der Waals surface area contributed by atoms with Crippen LogP contribution < -0.4 is 10.6 Å². The fourth-order valence-electron chi connectivity index (χ4n) is 1.30. The van der Waals surface area contributed by atoms with Crippen molar-refractivity contribution in [3.8, 4) is 0 Å². The van der Waals surface area contributed by atoms with Crippen LogP contribution in [-0.4, -0.2) is 37.1 Å². The average Bonchev–Trinajstić information content (AvgIpc) is 2.48. The van der Waals surface area contributed by atoms with Gasteiger partial charge < -0.3 is 15.4 Å². The number of methoxy groups -OCH3 is 1. The van der Waals surface area contributed by atoms with E-state index in [4.69, 9.17) is 0 Å². The first kappa shape index (κ1) is 17.5. The van der Waals surface area contributed by atoms with Crippen LogP contribution in [0.15, 0.2) is 30.5 Å². The van der Waals surface area contributed by atoms with Gasteiger partial charge >= 0.3 is 12.1 Å². The molecule has 1 heterocycles. The molecule has 22 heavy (non-hydrogen) atoms. The number of aromatic nitrogens is 1. The second-order valence-electron chi connectivity index (χ2n) is 4.01. The van der Waals surface area contributed by atoms with Crippen LogP contribution in [0, 0.1) is 0 Å². The molecule has 9 heteroatoms. The van der Waals surface area contributed by atoms with E-state index in [9.17, 15) is 22.8 Å². The van der Waals surface area contributed by atoms with Gasteiger partial charge in [0, 0.05) is 18.8 Å². The number of hydrogen-bond donors (Lipinski definition) is 2. The molecule has 0 spiro atoms. The first-order chi connectivity index (χ1) is 10.3. The molecule has 1 aromatic heterocycles. The quantitative estimate of drug-likeness (QED) is 0.612. The third-order valence-electron chi connectivity index (χ3n) is 2.39. The highest BCUT2D eigenvalue weighted by Crippen LogP contribution is 2.28. The number of nitrogens with zero attached hydrogens (tertiary/aromatic N) is 1. The fourth-order valence-corrected chi connectivity index (χ4v) is 1.30. The van der Waals surface area contributed by atoms with Gasteiger partial charge in [0.05, 0.1) is 19.2 Å². The smallest absolute Gasteiger partial charge is 0.417 e. The number of nitrogens with one attached hydrogen (secondary N) is 2. The summed E-state index contributed by atoms with van der Waals surface area (Å²) < 4.78 is 41.3. The molecule has 1 amide bonds. The number of amides is 1. The van der Waals surface area contributed by atoms with Crippen molar-refractivity contribution in [2.24, 2.45) is 0 Å². The number of halogens is 3. The van der Waals surface area contributed by atoms with Crippen molar-refractivity contribution in [2.75, 3.05) is 25.5 Å². The van der Waals surface area contributed by atoms with Crippen molar-refractivity contribution in [2.45, 2.75) is 6.18 Å². The summed E-state index contributed by atoms with van der Waals surface area (Å²) in [5.41, 5.74) is -0.865. The first-order valence-corrected chi connectivity index (χ1v) is 6.11. The van der Waals surface area contributed by atoms with Crippen LogP contribution in [0.3, 0.4) is 0 Å². The molecule has 0 unspecified atom stereocenters. The number of ether oxygens (including phenoxy) is 1. The van der Waals surface area contributed by atoms with Gasteiger partial charge in [0.25, 0.3) is 0 Å². The molecule has 2 N–H and O–H groups in total. The largest absolute Gasteiger partial charge is 0.466 e. The Morgan fingerprint density at radius 3 is 2.64 bits per heavy atom. The molecule has 0 saturated heterocycles. The second kappa shape index (κ2) is 8.01. The molecule has 1 aromatic rings. The van der Waals surface area contributed by atoms with Crippen molar-refractivity contribution in [1.29, 1.82) is 0 Å². The average molecular weight is 317 g/mol. The molecule has 0 fully saturated rings. The minimum Gasteiger partial charge on any atom is -0.466 e. The van der Waals surface area contributed by atoms with Crippen LogP contribution in [0.25, 0.3) is 0 Å². The van der Waals surface area contributed by atoms with Crippen LogP contribution in [0.4, 0.5) is 19.0 Å². The molecule has 0 aromatic carbocycles. The number of carbonyl (C=O) groups excluding carboxylic acids is 2. The van der Waals surface area contributed by atoms with Crippen LogP contribution in [0.5, 0.6) is 0 Å². The van der Waals surface area contributed by atoms with E-state index in [0.717, 1.165) is 18.2 Å². The zero-order valence-corrected chi connectivity index (χ0v) is 11.6. The van der Waals surface area contributed by atoms with Gasteiger partial charge in [0.15, 0.2) is 0 Å². The van der Waals surface area contributed by atoms with E-state index in [-0.39, 0.29) is 18.9 Å². The fraction of sp³-hybridized carbons (Fsp3) is 0.308. The maximum Gasteiger partial charge on any atom is 0.417 e. The van der Waals surface area contributed by atoms with Gasteiger partial charge in [-0.15, -0.1) is 0 Å². The first-order valence-electron chi connectivity index (χ1n) is 6.11. The van der Waals surface area contributed by atoms with Crippen LogP contribution in [0.1, 0.15) is 5.56 Å². The van der Waals surface area contributed by atoms with Crippen molar-refractivity contribution in [1.82, 2.24) is 10.3 Å². The molecule has 0 saturated carbocycles. The van der Waals surface area contributed by atoms with Gasteiger partial charge in [-0.1, -0.05) is 6.08 Å². The van der Waals surface area contributed by atoms with E-state index in [1.807, 2.05) is 0 Å². The van der Waals surface area contributed by atoms with E-state index in [1.54, 1.807) is 0 Å². The van der Waals surface area contributed by atoms with E-state index >= 15 is 0 Å². The molecule has 0 aliphatic rings. The third-order valence-corrected chi connectivity index (χ3v) is 2.39. The zero-order valence-electron chi connectivity index (χ0n) is 11.6. The Hall–Kier alpha value is -2.58. The van der Waals surface area contributed by atoms with Gasteiger partial charge in [0.1, 0.15) is 5.82 Å². The highest BCUT2D eigenvalue weighted by molar-refractivity contribution is 5.82. The van der Waals surface area contributed by atoms with E-state index in [0.29, 0.717) is 6.20 Å². The maximum atomic E-state index is 12.3. The summed E-state index contributed by atoms with van der Waals surface area (Å²) in [6.45, 7) is -0.0412. The van der Waals surface area contributed by atoms with Crippen molar-refractivity contribution < 1.29 is 27.5 Å². The Morgan fingerprint density at radius 2 is 2.09 bits per heavy atom. The number of anilines is 1. The Balaban J connectivity index is 2.35. The SMILES string of the molecule is COC(=O)/C=C/CNC(=O)CNc1ccc(C(F)(F)F)cn1. The number of pyridine rings is 1. The molecule has 0 bridgehead atoms. The maximum absolute atomic E-state index is 12.3. The molecule has 0 atom stereocenters. The summed E-state index contributed by atoms with van der Waals surface area (Å²) in [4.78, 5) is 25.7. The Bertz CT molecular complexity index is 542. The van der Waals surface area contributed by atoms with Gasteiger partial charge in [0.2, 0.25) is 5.91 Å². The van der Waals surface area contributed by atoms with Crippen LogP contribution >= 0.6 is 0 Å². The Kier molecular flexibility index (Phi) is 6.36. The topological polar surface area (TPSA) is 80.3 Å². The minimum atomic E-state index is -4.45. The zero-order chi connectivity index (χ0) is 16.6. The van der Waals surface area contributed by atoms with Crippen LogP contribution in [0.2, 0.25) is 0 Å². The molecule has 0 aliphatic heterocycles. The van der Waals surface area contributed by atoms with Crippen LogP contribution in [-0.2, 0) is 20.5 Å². The lowest BCUT2D eigenvalue weighted by molar-refractivity contribution is -0.138. The lowest BCUT2D eigenvalue weighted by Gasteiger charge is -2.08. The van der Waals surface area contributed by atoms with E-state index in [2.05, 4.69) is 20.4 Å². The molecular formula is C13H14F3N3O3. The summed E-state index contributed by atoms with van der Waals surface area (Å²) in [6.07, 6.45) is -1.21. The summed E-state index contributed by atoms with van der Waals surface area (Å²) >= 11 is 0. The lowest BCUT2D eigenvalue weighted by atomic mass is 10.3. The number of esters is 1. The van der Waals surface area contributed by atoms with Crippen molar-refractivity contribution in [3.05, 3.63) is 36.0 Å². The number of hydrogen-bond acceptors (Lipinski definition) is 5. The Labute approximate surface area is 124 Å². The predicted molar refractivity (Wildman–Crippen MR) is 71.9 cm³/mol. The van der Waals surface area contributed by atoms with Crippen molar-refractivity contribution >= 4 is 17.7 Å². The van der Waals surface area contributed by atoms with Gasteiger partial charge in [-0.2, -0.15) is 13.2 Å². The summed E-state index contributed by atoms with van der Waals surface area (Å²) in [5, 5.41) is 5.04. The molecule has 0 aliphatic carbocycles. The number of carbonyl (C=O) groups is 2. The summed E-state index contributed by atoms with van der Waals surface area (Å²) in [5.74, 6) is -0.800. The normalized spacial score (nSPS) is 11.3. The number of alkyl halides is 3. The van der Waals surface area contributed by atoms with Gasteiger partial charge in [-0.25, -0.2) is 9.78 Å². The molecule has 120 valence electrons. The predicted octanol–water partition coefficient (Wildman–Crippen LogP) is 1.36. The molecular weight excluding hydrogens is 303 g/mol.